The Balaban J connectivity index is 1.39. The summed E-state index contributed by atoms with van der Waals surface area (Å²) in [5.74, 6) is 0.534. The highest BCUT2D eigenvalue weighted by molar-refractivity contribution is 6.05. The van der Waals surface area contributed by atoms with Crippen LogP contribution in [0.4, 0.5) is 5.69 Å². The van der Waals surface area contributed by atoms with E-state index in [4.69, 9.17) is 5.26 Å². The number of nitrogens with zero attached hydrogens (tertiary/aromatic N) is 4. The smallest absolute Gasteiger partial charge is 0.257 e. The van der Waals surface area contributed by atoms with Crippen LogP contribution < -0.4 is 5.32 Å². The van der Waals surface area contributed by atoms with Gasteiger partial charge in [0.15, 0.2) is 0 Å². The molecule has 3 heterocycles. The number of rotatable bonds is 6. The fourth-order valence-electron chi connectivity index (χ4n) is 4.49. The van der Waals surface area contributed by atoms with Gasteiger partial charge in [0.1, 0.15) is 11.8 Å². The molecule has 2 amide bonds. The second kappa shape index (κ2) is 11.1. The molecule has 3 aromatic rings. The molecular formula is C29H31N5O2. The average molecular weight is 482 g/mol. The van der Waals surface area contributed by atoms with E-state index in [1.165, 1.54) is 0 Å². The van der Waals surface area contributed by atoms with Crippen molar-refractivity contribution in [2.45, 2.75) is 46.0 Å². The summed E-state index contributed by atoms with van der Waals surface area (Å²) in [5.41, 5.74) is 5.02. The number of carbonyl (C=O) groups is 2. The molecule has 0 saturated carbocycles. The Morgan fingerprint density at radius 3 is 2.42 bits per heavy atom. The maximum Gasteiger partial charge on any atom is 0.257 e. The second-order valence-corrected chi connectivity index (χ2v) is 9.78. The molecule has 1 aliphatic rings. The van der Waals surface area contributed by atoms with Crippen molar-refractivity contribution in [2.24, 2.45) is 5.92 Å². The number of anilines is 1. The highest BCUT2D eigenvalue weighted by atomic mass is 16.2. The molecule has 0 unspecified atom stereocenters. The van der Waals surface area contributed by atoms with Crippen LogP contribution in [-0.2, 0) is 6.42 Å². The zero-order valence-corrected chi connectivity index (χ0v) is 21.0. The molecule has 2 aromatic heterocycles. The van der Waals surface area contributed by atoms with E-state index in [9.17, 15) is 9.59 Å². The predicted molar refractivity (Wildman–Crippen MR) is 139 cm³/mol. The number of aryl methyl sites for hydroxylation is 1. The first kappa shape index (κ1) is 25.1. The Kier molecular flexibility index (Phi) is 7.74. The molecule has 4 rings (SSSR count). The average Bonchev–Trinajstić information content (AvgIpc) is 2.89. The van der Waals surface area contributed by atoms with E-state index >= 15 is 0 Å². The minimum atomic E-state index is -0.247. The van der Waals surface area contributed by atoms with Crippen molar-refractivity contribution in [3.05, 3.63) is 88.5 Å². The first-order chi connectivity index (χ1) is 17.3. The predicted octanol–water partition coefficient (Wildman–Crippen LogP) is 5.13. The summed E-state index contributed by atoms with van der Waals surface area (Å²) in [6.07, 6.45) is 5.92. The highest BCUT2D eigenvalue weighted by Crippen LogP contribution is 2.29. The lowest BCUT2D eigenvalue weighted by Crippen LogP contribution is -2.38. The number of hydrogen-bond donors (Lipinski definition) is 1. The van der Waals surface area contributed by atoms with Crippen LogP contribution in [-0.4, -0.2) is 39.8 Å². The van der Waals surface area contributed by atoms with Crippen molar-refractivity contribution >= 4 is 17.5 Å². The first-order valence-electron chi connectivity index (χ1n) is 12.4. The van der Waals surface area contributed by atoms with Crippen molar-refractivity contribution in [1.82, 2.24) is 14.9 Å². The Labute approximate surface area is 212 Å². The lowest BCUT2D eigenvalue weighted by Gasteiger charge is -2.32. The number of hydrogen-bond acceptors (Lipinski definition) is 5. The minimum absolute atomic E-state index is 0.0402. The molecule has 7 heteroatoms. The summed E-state index contributed by atoms with van der Waals surface area (Å²) >= 11 is 0. The van der Waals surface area contributed by atoms with Gasteiger partial charge < -0.3 is 10.2 Å². The summed E-state index contributed by atoms with van der Waals surface area (Å²) in [5, 5.41) is 11.9. The molecule has 0 spiro atoms. The molecule has 1 fully saturated rings. The van der Waals surface area contributed by atoms with Gasteiger partial charge in [-0.3, -0.25) is 14.6 Å². The Morgan fingerprint density at radius 1 is 1.06 bits per heavy atom. The van der Waals surface area contributed by atoms with Crippen LogP contribution in [0.5, 0.6) is 0 Å². The SMILES string of the molecule is Cc1ccc(C(=O)N2CCC(c3ccc(C#N)nc3)CC2)cc1NC(=O)c1ccc(CC(C)C)nc1. The fraction of sp³-hybridized carbons (Fsp3) is 0.345. The Bertz CT molecular complexity index is 1270. The van der Waals surface area contributed by atoms with Gasteiger partial charge in [0.25, 0.3) is 11.8 Å². The van der Waals surface area contributed by atoms with Crippen LogP contribution >= 0.6 is 0 Å². The van der Waals surface area contributed by atoms with Gasteiger partial charge in [-0.05, 0) is 79.5 Å². The van der Waals surface area contributed by atoms with Gasteiger partial charge in [-0.25, -0.2) is 4.98 Å². The third-order valence-corrected chi connectivity index (χ3v) is 6.59. The molecule has 1 saturated heterocycles. The van der Waals surface area contributed by atoms with E-state index in [1.807, 2.05) is 42.2 Å². The third-order valence-electron chi connectivity index (χ3n) is 6.59. The monoisotopic (exact) mass is 481 g/mol. The summed E-state index contributed by atoms with van der Waals surface area (Å²) in [6.45, 7) is 7.47. The number of nitriles is 1. The first-order valence-corrected chi connectivity index (χ1v) is 12.4. The number of nitrogens with one attached hydrogen (secondary N) is 1. The quantitative estimate of drug-likeness (QED) is 0.526. The zero-order valence-electron chi connectivity index (χ0n) is 21.0. The van der Waals surface area contributed by atoms with Gasteiger partial charge in [0.2, 0.25) is 0 Å². The summed E-state index contributed by atoms with van der Waals surface area (Å²) in [4.78, 5) is 36.5. The number of pyridine rings is 2. The van der Waals surface area contributed by atoms with Crippen molar-refractivity contribution in [3.8, 4) is 6.07 Å². The maximum atomic E-state index is 13.2. The van der Waals surface area contributed by atoms with Gasteiger partial charge >= 0.3 is 0 Å². The van der Waals surface area contributed by atoms with Crippen LogP contribution in [0.2, 0.25) is 0 Å². The largest absolute Gasteiger partial charge is 0.339 e. The van der Waals surface area contributed by atoms with Crippen LogP contribution in [0.1, 0.15) is 75.8 Å². The fourth-order valence-corrected chi connectivity index (χ4v) is 4.49. The number of likely N-dealkylation sites (tertiary alicyclic amines) is 1. The van der Waals surface area contributed by atoms with Crippen molar-refractivity contribution in [1.29, 1.82) is 5.26 Å². The number of aromatic nitrogens is 2. The zero-order chi connectivity index (χ0) is 25.7. The molecule has 7 nitrogen and oxygen atoms in total. The molecule has 0 bridgehead atoms. The van der Waals surface area contributed by atoms with E-state index in [1.54, 1.807) is 30.6 Å². The number of amides is 2. The van der Waals surface area contributed by atoms with E-state index in [-0.39, 0.29) is 11.8 Å². The van der Waals surface area contributed by atoms with E-state index in [0.717, 1.165) is 36.1 Å². The Hall–Kier alpha value is -4.05. The van der Waals surface area contributed by atoms with Crippen LogP contribution in [0.15, 0.2) is 54.9 Å². The van der Waals surface area contributed by atoms with Gasteiger partial charge in [-0.1, -0.05) is 26.0 Å². The van der Waals surface area contributed by atoms with Gasteiger partial charge in [0, 0.05) is 42.4 Å². The third kappa shape index (κ3) is 5.95. The summed E-state index contributed by atoms with van der Waals surface area (Å²) in [6, 6.07) is 14.8. The molecule has 0 aliphatic carbocycles. The number of piperidine rings is 1. The number of benzene rings is 1. The molecule has 1 aliphatic heterocycles. The highest BCUT2D eigenvalue weighted by Gasteiger charge is 2.25. The van der Waals surface area contributed by atoms with Crippen molar-refractivity contribution in [2.75, 3.05) is 18.4 Å². The minimum Gasteiger partial charge on any atom is -0.339 e. The molecule has 0 atom stereocenters. The summed E-state index contributed by atoms with van der Waals surface area (Å²) in [7, 11) is 0. The van der Waals surface area contributed by atoms with Crippen LogP contribution in [0, 0.1) is 24.2 Å². The normalized spacial score (nSPS) is 13.9. The molecule has 36 heavy (non-hydrogen) atoms. The van der Waals surface area contributed by atoms with Crippen LogP contribution in [0.3, 0.4) is 0 Å². The van der Waals surface area contributed by atoms with E-state index < -0.39 is 0 Å². The van der Waals surface area contributed by atoms with Gasteiger partial charge in [0.05, 0.1) is 5.56 Å². The molecular weight excluding hydrogens is 450 g/mol. The maximum absolute atomic E-state index is 13.2. The summed E-state index contributed by atoms with van der Waals surface area (Å²) < 4.78 is 0. The lowest BCUT2D eigenvalue weighted by molar-refractivity contribution is 0.0712. The van der Waals surface area contributed by atoms with Crippen LogP contribution in [0.25, 0.3) is 0 Å². The molecule has 1 aromatic carbocycles. The molecule has 1 N–H and O–H groups in total. The van der Waals surface area contributed by atoms with Gasteiger partial charge in [-0.15, -0.1) is 0 Å². The second-order valence-electron chi connectivity index (χ2n) is 9.78. The Morgan fingerprint density at radius 2 is 1.81 bits per heavy atom. The number of carbonyl (C=O) groups excluding carboxylic acids is 2. The van der Waals surface area contributed by atoms with E-state index in [2.05, 4.69) is 29.1 Å². The van der Waals surface area contributed by atoms with Crippen molar-refractivity contribution < 1.29 is 9.59 Å². The van der Waals surface area contributed by atoms with Gasteiger partial charge in [-0.2, -0.15) is 5.26 Å². The standard InChI is InChI=1S/C29H31N5O2/c1-19(2)14-25-8-7-24(18-31-25)28(35)33-27-15-22(5-4-20(27)3)29(36)34-12-10-21(11-13-34)23-6-9-26(16-30)32-17-23/h4-9,15,17-19,21H,10-14H2,1-3H3,(H,33,35). The lowest BCUT2D eigenvalue weighted by atomic mass is 9.90. The van der Waals surface area contributed by atoms with E-state index in [0.29, 0.717) is 47.4 Å². The molecule has 184 valence electrons. The molecule has 0 radical (unpaired) electrons. The van der Waals surface area contributed by atoms with Crippen molar-refractivity contribution in [3.63, 3.8) is 0 Å². The topological polar surface area (TPSA) is 99.0 Å².